The van der Waals surface area contributed by atoms with Crippen molar-refractivity contribution < 1.29 is 14.3 Å². The van der Waals surface area contributed by atoms with Gasteiger partial charge in [0.25, 0.3) is 0 Å². The number of primary amides is 1. The Bertz CT molecular complexity index is 277. The number of esters is 1. The van der Waals surface area contributed by atoms with Crippen LogP contribution >= 0.6 is 0 Å². The van der Waals surface area contributed by atoms with Crippen molar-refractivity contribution >= 4 is 11.9 Å². The highest BCUT2D eigenvalue weighted by Gasteiger charge is 2.09. The molecule has 0 fully saturated rings. The van der Waals surface area contributed by atoms with Gasteiger partial charge in [0.2, 0.25) is 5.91 Å². The molecular weight excluding hydrogens is 232 g/mol. The Morgan fingerprint density at radius 3 is 2.67 bits per heavy atom. The molecule has 0 saturated heterocycles. The summed E-state index contributed by atoms with van der Waals surface area (Å²) < 4.78 is 4.77. The monoisotopic (exact) mass is 256 g/mol. The van der Waals surface area contributed by atoms with E-state index in [-0.39, 0.29) is 5.97 Å². The number of ether oxygens (including phenoxy) is 1. The molecule has 0 heterocycles. The van der Waals surface area contributed by atoms with Gasteiger partial charge in [-0.1, -0.05) is 31.9 Å². The number of unbranched alkanes of at least 4 members (excludes halogenated alkanes) is 2. The molecule has 18 heavy (non-hydrogen) atoms. The second-order valence-corrected chi connectivity index (χ2v) is 4.10. The van der Waals surface area contributed by atoms with E-state index in [0.717, 1.165) is 25.8 Å². The molecule has 0 aromatic rings. The molecule has 0 rings (SSSR count). The van der Waals surface area contributed by atoms with Crippen molar-refractivity contribution in [2.24, 2.45) is 5.73 Å². The van der Waals surface area contributed by atoms with Crippen LogP contribution in [-0.2, 0) is 14.3 Å². The van der Waals surface area contributed by atoms with E-state index in [9.17, 15) is 9.59 Å². The van der Waals surface area contributed by atoms with Crippen molar-refractivity contribution in [3.8, 4) is 0 Å². The summed E-state index contributed by atoms with van der Waals surface area (Å²) in [4.78, 5) is 21.7. The van der Waals surface area contributed by atoms with E-state index in [4.69, 9.17) is 10.5 Å². The molecule has 0 radical (unpaired) electrons. The molecule has 0 aromatic carbocycles. The summed E-state index contributed by atoms with van der Waals surface area (Å²) in [6, 6.07) is -0.445. The Balaban J connectivity index is 3.84. The molecule has 0 saturated carbocycles. The molecule has 104 valence electrons. The average Bonchev–Trinajstić information content (AvgIpc) is 2.30. The molecule has 0 aliphatic rings. The predicted molar refractivity (Wildman–Crippen MR) is 70.9 cm³/mol. The second kappa shape index (κ2) is 10.8. The Morgan fingerprint density at radius 2 is 2.11 bits per heavy atom. The van der Waals surface area contributed by atoms with Gasteiger partial charge in [-0.3, -0.25) is 9.59 Å². The van der Waals surface area contributed by atoms with Gasteiger partial charge in [0.15, 0.2) is 0 Å². The summed E-state index contributed by atoms with van der Waals surface area (Å²) in [6.07, 6.45) is 7.40. The molecule has 0 spiro atoms. The van der Waals surface area contributed by atoms with Gasteiger partial charge in [-0.2, -0.15) is 0 Å². The number of nitrogens with one attached hydrogen (secondary N) is 1. The summed E-state index contributed by atoms with van der Waals surface area (Å²) >= 11 is 0. The van der Waals surface area contributed by atoms with Crippen LogP contribution < -0.4 is 11.1 Å². The van der Waals surface area contributed by atoms with E-state index < -0.39 is 11.9 Å². The average molecular weight is 256 g/mol. The Labute approximate surface area is 109 Å². The molecule has 0 aliphatic heterocycles. The first-order chi connectivity index (χ1) is 8.57. The number of hydrogen-bond acceptors (Lipinski definition) is 4. The van der Waals surface area contributed by atoms with Crippen LogP contribution in [0.3, 0.4) is 0 Å². The van der Waals surface area contributed by atoms with Crippen molar-refractivity contribution in [1.29, 1.82) is 0 Å². The van der Waals surface area contributed by atoms with E-state index in [2.05, 4.69) is 12.2 Å². The number of carbonyl (C=O) groups excluding carboxylic acids is 2. The first-order valence-electron chi connectivity index (χ1n) is 6.40. The van der Waals surface area contributed by atoms with Crippen LogP contribution in [0.25, 0.3) is 0 Å². The molecule has 1 amide bonds. The number of rotatable bonds is 10. The standard InChI is InChI=1S/C13H24N2O3/c1-3-4-6-9-15-12(13(14)17)8-5-7-10-18-11(2)16/h5,8,12,15H,3-4,6-7,9-10H2,1-2H3,(H2,14,17). The largest absolute Gasteiger partial charge is 0.466 e. The SMILES string of the molecule is CCCCCNC(C=CCCOC(C)=O)C(N)=O. The van der Waals surface area contributed by atoms with E-state index in [1.165, 1.54) is 6.92 Å². The third-order valence-corrected chi connectivity index (χ3v) is 2.37. The van der Waals surface area contributed by atoms with Crippen molar-refractivity contribution in [2.75, 3.05) is 13.2 Å². The smallest absolute Gasteiger partial charge is 0.302 e. The van der Waals surface area contributed by atoms with Crippen LogP contribution in [-0.4, -0.2) is 31.1 Å². The third kappa shape index (κ3) is 9.84. The van der Waals surface area contributed by atoms with Gasteiger partial charge in [0.05, 0.1) is 6.61 Å². The highest BCUT2D eigenvalue weighted by atomic mass is 16.5. The Kier molecular flexibility index (Phi) is 9.96. The summed E-state index contributed by atoms with van der Waals surface area (Å²) in [5, 5.41) is 3.08. The molecule has 1 unspecified atom stereocenters. The fourth-order valence-electron chi connectivity index (χ4n) is 1.40. The van der Waals surface area contributed by atoms with Crippen molar-refractivity contribution in [3.05, 3.63) is 12.2 Å². The molecular formula is C13H24N2O3. The van der Waals surface area contributed by atoms with Crippen LogP contribution in [0.5, 0.6) is 0 Å². The zero-order valence-electron chi connectivity index (χ0n) is 11.3. The minimum Gasteiger partial charge on any atom is -0.466 e. The topological polar surface area (TPSA) is 81.4 Å². The summed E-state index contributed by atoms with van der Waals surface area (Å²) in [5.74, 6) is -0.692. The van der Waals surface area contributed by atoms with Gasteiger partial charge >= 0.3 is 5.97 Å². The number of nitrogens with two attached hydrogens (primary N) is 1. The van der Waals surface area contributed by atoms with Crippen LogP contribution in [0.1, 0.15) is 39.5 Å². The number of carbonyl (C=O) groups is 2. The highest BCUT2D eigenvalue weighted by molar-refractivity contribution is 5.81. The first kappa shape index (κ1) is 16.6. The quantitative estimate of drug-likeness (QED) is 0.349. The zero-order valence-corrected chi connectivity index (χ0v) is 11.3. The molecule has 3 N–H and O–H groups in total. The van der Waals surface area contributed by atoms with Crippen LogP contribution in [0.4, 0.5) is 0 Å². The molecule has 5 heteroatoms. The third-order valence-electron chi connectivity index (χ3n) is 2.37. The molecule has 0 aliphatic carbocycles. The lowest BCUT2D eigenvalue weighted by atomic mass is 10.2. The highest BCUT2D eigenvalue weighted by Crippen LogP contribution is 1.95. The molecule has 0 aromatic heterocycles. The lowest BCUT2D eigenvalue weighted by Gasteiger charge is -2.10. The lowest BCUT2D eigenvalue weighted by Crippen LogP contribution is -2.40. The fraction of sp³-hybridized carbons (Fsp3) is 0.692. The normalized spacial score (nSPS) is 12.6. The van der Waals surface area contributed by atoms with Crippen LogP contribution in [0.2, 0.25) is 0 Å². The maximum Gasteiger partial charge on any atom is 0.302 e. The first-order valence-corrected chi connectivity index (χ1v) is 6.40. The molecule has 0 bridgehead atoms. The van der Waals surface area contributed by atoms with Gasteiger partial charge in [-0.05, 0) is 19.4 Å². The molecule has 5 nitrogen and oxygen atoms in total. The van der Waals surface area contributed by atoms with E-state index in [1.807, 2.05) is 0 Å². The molecule has 1 atom stereocenters. The summed E-state index contributed by atoms with van der Waals surface area (Å²) in [7, 11) is 0. The zero-order chi connectivity index (χ0) is 13.8. The Hall–Kier alpha value is -1.36. The maximum atomic E-state index is 11.2. The lowest BCUT2D eigenvalue weighted by molar-refractivity contribution is -0.140. The maximum absolute atomic E-state index is 11.2. The van der Waals surface area contributed by atoms with Gasteiger partial charge in [0, 0.05) is 6.92 Å². The van der Waals surface area contributed by atoms with Crippen molar-refractivity contribution in [3.63, 3.8) is 0 Å². The minimum atomic E-state index is -0.445. The van der Waals surface area contributed by atoms with E-state index in [0.29, 0.717) is 13.0 Å². The number of hydrogen-bond donors (Lipinski definition) is 2. The van der Waals surface area contributed by atoms with E-state index >= 15 is 0 Å². The van der Waals surface area contributed by atoms with Crippen molar-refractivity contribution in [1.82, 2.24) is 5.32 Å². The minimum absolute atomic E-state index is 0.299. The van der Waals surface area contributed by atoms with Crippen molar-refractivity contribution in [2.45, 2.75) is 45.6 Å². The van der Waals surface area contributed by atoms with E-state index in [1.54, 1.807) is 12.2 Å². The predicted octanol–water partition coefficient (Wildman–Crippen LogP) is 1.13. The van der Waals surface area contributed by atoms with Gasteiger partial charge < -0.3 is 15.8 Å². The summed E-state index contributed by atoms with van der Waals surface area (Å²) in [6.45, 7) is 4.59. The second-order valence-electron chi connectivity index (χ2n) is 4.10. The summed E-state index contributed by atoms with van der Waals surface area (Å²) in [5.41, 5.74) is 5.28. The van der Waals surface area contributed by atoms with Gasteiger partial charge in [-0.15, -0.1) is 0 Å². The number of amides is 1. The van der Waals surface area contributed by atoms with Crippen LogP contribution in [0.15, 0.2) is 12.2 Å². The fourth-order valence-corrected chi connectivity index (χ4v) is 1.40. The van der Waals surface area contributed by atoms with Crippen LogP contribution in [0, 0.1) is 0 Å². The van der Waals surface area contributed by atoms with Gasteiger partial charge in [-0.25, -0.2) is 0 Å². The Morgan fingerprint density at radius 1 is 1.39 bits per heavy atom. The van der Waals surface area contributed by atoms with Gasteiger partial charge in [0.1, 0.15) is 6.04 Å².